The minimum absolute atomic E-state index is 0.804. The highest BCUT2D eigenvalue weighted by atomic mass is 15.3. The summed E-state index contributed by atoms with van der Waals surface area (Å²) in [6.45, 7) is 2.03. The molecule has 0 fully saturated rings. The standard InChI is InChI=1S/C16H15N3/c1-12-14(8-5-9-15(12)17)16-10-11-18-19(16)13-6-3-2-4-7-13/h2-11H,17H2,1H3. The first-order valence-corrected chi connectivity index (χ1v) is 6.22. The Hall–Kier alpha value is -2.55. The molecule has 3 nitrogen and oxygen atoms in total. The Morgan fingerprint density at radius 1 is 0.947 bits per heavy atom. The van der Waals surface area contributed by atoms with E-state index in [-0.39, 0.29) is 0 Å². The monoisotopic (exact) mass is 249 g/mol. The fraction of sp³-hybridized carbons (Fsp3) is 0.0625. The average molecular weight is 249 g/mol. The number of hydrogen-bond acceptors (Lipinski definition) is 2. The molecular weight excluding hydrogens is 234 g/mol. The van der Waals surface area contributed by atoms with Gasteiger partial charge in [-0.1, -0.05) is 30.3 Å². The summed E-state index contributed by atoms with van der Waals surface area (Å²) in [4.78, 5) is 0. The van der Waals surface area contributed by atoms with E-state index in [2.05, 4.69) is 11.2 Å². The van der Waals surface area contributed by atoms with E-state index in [4.69, 9.17) is 5.73 Å². The van der Waals surface area contributed by atoms with Crippen molar-refractivity contribution in [1.29, 1.82) is 0 Å². The van der Waals surface area contributed by atoms with Gasteiger partial charge >= 0.3 is 0 Å². The zero-order valence-electron chi connectivity index (χ0n) is 10.7. The number of nitrogens with zero attached hydrogens (tertiary/aromatic N) is 2. The molecule has 1 heterocycles. The highest BCUT2D eigenvalue weighted by Gasteiger charge is 2.10. The number of para-hydroxylation sites is 1. The van der Waals surface area contributed by atoms with E-state index in [0.29, 0.717) is 0 Å². The van der Waals surface area contributed by atoms with Crippen LogP contribution >= 0.6 is 0 Å². The van der Waals surface area contributed by atoms with Crippen LogP contribution in [-0.2, 0) is 0 Å². The van der Waals surface area contributed by atoms with Crippen LogP contribution in [-0.4, -0.2) is 9.78 Å². The van der Waals surface area contributed by atoms with Gasteiger partial charge in [-0.15, -0.1) is 0 Å². The molecule has 0 spiro atoms. The zero-order chi connectivity index (χ0) is 13.2. The van der Waals surface area contributed by atoms with Gasteiger partial charge in [0, 0.05) is 11.3 Å². The fourth-order valence-electron chi connectivity index (χ4n) is 2.21. The third kappa shape index (κ3) is 1.99. The maximum Gasteiger partial charge on any atom is 0.0744 e. The van der Waals surface area contributed by atoms with E-state index in [9.17, 15) is 0 Å². The van der Waals surface area contributed by atoms with E-state index in [0.717, 1.165) is 28.2 Å². The third-order valence-electron chi connectivity index (χ3n) is 3.30. The summed E-state index contributed by atoms with van der Waals surface area (Å²) in [7, 11) is 0. The second-order valence-electron chi connectivity index (χ2n) is 4.48. The highest BCUT2D eigenvalue weighted by Crippen LogP contribution is 2.28. The minimum atomic E-state index is 0.804. The molecule has 2 N–H and O–H groups in total. The molecule has 0 atom stereocenters. The van der Waals surface area contributed by atoms with Gasteiger partial charge in [-0.05, 0) is 36.8 Å². The van der Waals surface area contributed by atoms with E-state index in [1.165, 1.54) is 0 Å². The predicted molar refractivity (Wildman–Crippen MR) is 78.1 cm³/mol. The maximum absolute atomic E-state index is 5.99. The fourth-order valence-corrected chi connectivity index (χ4v) is 2.21. The van der Waals surface area contributed by atoms with Crippen molar-refractivity contribution in [2.75, 3.05) is 5.73 Å². The summed E-state index contributed by atoms with van der Waals surface area (Å²) >= 11 is 0. The van der Waals surface area contributed by atoms with Crippen molar-refractivity contribution in [2.24, 2.45) is 0 Å². The second-order valence-corrected chi connectivity index (χ2v) is 4.48. The van der Waals surface area contributed by atoms with E-state index >= 15 is 0 Å². The van der Waals surface area contributed by atoms with Crippen LogP contribution in [0.3, 0.4) is 0 Å². The Kier molecular flexibility index (Phi) is 2.80. The maximum atomic E-state index is 5.99. The molecule has 1 aromatic heterocycles. The predicted octanol–water partition coefficient (Wildman–Crippen LogP) is 3.43. The van der Waals surface area contributed by atoms with Crippen molar-refractivity contribution in [1.82, 2.24) is 9.78 Å². The van der Waals surface area contributed by atoms with E-state index < -0.39 is 0 Å². The summed E-state index contributed by atoms with van der Waals surface area (Å²) in [5.41, 5.74) is 11.1. The van der Waals surface area contributed by atoms with Crippen LogP contribution in [0.2, 0.25) is 0 Å². The van der Waals surface area contributed by atoms with Gasteiger partial charge in [0.25, 0.3) is 0 Å². The normalized spacial score (nSPS) is 10.6. The third-order valence-corrected chi connectivity index (χ3v) is 3.30. The molecule has 0 aliphatic rings. The largest absolute Gasteiger partial charge is 0.398 e. The Morgan fingerprint density at radius 2 is 1.74 bits per heavy atom. The first kappa shape index (κ1) is 11.5. The van der Waals surface area contributed by atoms with Crippen LogP contribution in [0.4, 0.5) is 5.69 Å². The molecule has 94 valence electrons. The van der Waals surface area contributed by atoms with Crippen molar-refractivity contribution in [3.05, 3.63) is 66.4 Å². The Labute approximate surface area is 112 Å². The second kappa shape index (κ2) is 4.61. The lowest BCUT2D eigenvalue weighted by Gasteiger charge is -2.11. The number of nitrogen functional groups attached to an aromatic ring is 1. The molecule has 3 heteroatoms. The van der Waals surface area contributed by atoms with Crippen molar-refractivity contribution in [2.45, 2.75) is 6.92 Å². The number of anilines is 1. The molecular formula is C16H15N3. The SMILES string of the molecule is Cc1c(N)cccc1-c1ccnn1-c1ccccc1. The van der Waals surface area contributed by atoms with E-state index in [1.807, 2.05) is 66.3 Å². The topological polar surface area (TPSA) is 43.8 Å². The van der Waals surface area contributed by atoms with E-state index in [1.54, 1.807) is 0 Å². The molecule has 0 saturated heterocycles. The lowest BCUT2D eigenvalue weighted by Crippen LogP contribution is -2.00. The number of hydrogen-bond donors (Lipinski definition) is 1. The molecule has 0 aliphatic heterocycles. The van der Waals surface area contributed by atoms with Crippen LogP contribution in [0.15, 0.2) is 60.8 Å². The summed E-state index contributed by atoms with van der Waals surface area (Å²) in [6, 6.07) is 18.1. The van der Waals surface area contributed by atoms with Crippen LogP contribution in [0.25, 0.3) is 16.9 Å². The molecule has 0 unspecified atom stereocenters. The van der Waals surface area contributed by atoms with Crippen molar-refractivity contribution in [3.8, 4) is 16.9 Å². The van der Waals surface area contributed by atoms with Gasteiger partial charge in [-0.25, -0.2) is 4.68 Å². The number of aromatic nitrogens is 2. The summed E-state index contributed by atoms with van der Waals surface area (Å²) < 4.78 is 1.93. The molecule has 2 aromatic carbocycles. The van der Waals surface area contributed by atoms with Crippen LogP contribution in [0.1, 0.15) is 5.56 Å². The van der Waals surface area contributed by atoms with Crippen molar-refractivity contribution < 1.29 is 0 Å². The molecule has 0 saturated carbocycles. The van der Waals surface area contributed by atoms with Gasteiger partial charge in [0.05, 0.1) is 17.6 Å². The van der Waals surface area contributed by atoms with Gasteiger partial charge in [0.15, 0.2) is 0 Å². The average Bonchev–Trinajstić information content (AvgIpc) is 2.92. The van der Waals surface area contributed by atoms with Crippen LogP contribution < -0.4 is 5.73 Å². The zero-order valence-corrected chi connectivity index (χ0v) is 10.7. The molecule has 19 heavy (non-hydrogen) atoms. The molecule has 0 aliphatic carbocycles. The highest BCUT2D eigenvalue weighted by molar-refractivity contribution is 5.71. The Balaban J connectivity index is 2.18. The lowest BCUT2D eigenvalue weighted by molar-refractivity contribution is 0.887. The van der Waals surface area contributed by atoms with Gasteiger partial charge in [-0.3, -0.25) is 0 Å². The molecule has 3 rings (SSSR count). The molecule has 0 amide bonds. The molecule has 0 radical (unpaired) electrons. The molecule has 3 aromatic rings. The number of rotatable bonds is 2. The van der Waals surface area contributed by atoms with Crippen LogP contribution in [0, 0.1) is 6.92 Å². The summed E-state index contributed by atoms with van der Waals surface area (Å²) in [5, 5.41) is 4.41. The Bertz CT molecular complexity index is 699. The lowest BCUT2D eigenvalue weighted by atomic mass is 10.0. The van der Waals surface area contributed by atoms with Crippen LogP contribution in [0.5, 0.6) is 0 Å². The number of benzene rings is 2. The summed E-state index contributed by atoms with van der Waals surface area (Å²) in [5.74, 6) is 0. The number of nitrogens with two attached hydrogens (primary N) is 1. The smallest absolute Gasteiger partial charge is 0.0744 e. The van der Waals surface area contributed by atoms with Crippen molar-refractivity contribution in [3.63, 3.8) is 0 Å². The van der Waals surface area contributed by atoms with Gasteiger partial charge in [-0.2, -0.15) is 5.10 Å². The van der Waals surface area contributed by atoms with Gasteiger partial charge < -0.3 is 5.73 Å². The molecule has 0 bridgehead atoms. The van der Waals surface area contributed by atoms with Gasteiger partial charge in [0.1, 0.15) is 0 Å². The first-order chi connectivity index (χ1) is 9.27. The minimum Gasteiger partial charge on any atom is -0.398 e. The van der Waals surface area contributed by atoms with Gasteiger partial charge in [0.2, 0.25) is 0 Å². The van der Waals surface area contributed by atoms with Crippen molar-refractivity contribution >= 4 is 5.69 Å². The Morgan fingerprint density at radius 3 is 2.53 bits per heavy atom. The first-order valence-electron chi connectivity index (χ1n) is 6.22. The quantitative estimate of drug-likeness (QED) is 0.707. The summed E-state index contributed by atoms with van der Waals surface area (Å²) in [6.07, 6.45) is 1.81.